The Morgan fingerprint density at radius 2 is 1.86 bits per heavy atom. The average molecular weight is 403 g/mol. The molecule has 0 radical (unpaired) electrons. The molecule has 1 N–H and O–H groups in total. The van der Waals surface area contributed by atoms with Crippen LogP contribution in [0, 0.1) is 13.8 Å². The third kappa shape index (κ3) is 5.43. The van der Waals surface area contributed by atoms with Crippen molar-refractivity contribution in [3.63, 3.8) is 0 Å². The number of para-hydroxylation sites is 1. The van der Waals surface area contributed by atoms with E-state index in [4.69, 9.17) is 8.92 Å². The quantitative estimate of drug-likeness (QED) is 0.413. The Bertz CT molecular complexity index is 998. The molecule has 0 unspecified atom stereocenters. The topological polar surface area (TPSA) is 98.8 Å². The summed E-state index contributed by atoms with van der Waals surface area (Å²) in [5, 5.41) is 2.46. The molecule has 0 aliphatic heterocycles. The summed E-state index contributed by atoms with van der Waals surface area (Å²) in [7, 11) is -4.16. The summed E-state index contributed by atoms with van der Waals surface area (Å²) in [5.74, 6) is -1.56. The van der Waals surface area contributed by atoms with Crippen LogP contribution in [0.1, 0.15) is 21.5 Å². The molecule has 7 nitrogen and oxygen atoms in total. The maximum atomic E-state index is 12.7. The lowest BCUT2D eigenvalue weighted by atomic mass is 10.2. The van der Waals surface area contributed by atoms with Gasteiger partial charge in [0.1, 0.15) is 10.5 Å². The second-order valence-corrected chi connectivity index (χ2v) is 7.49. The van der Waals surface area contributed by atoms with Gasteiger partial charge in [0.15, 0.2) is 12.4 Å². The second kappa shape index (κ2) is 9.18. The van der Waals surface area contributed by atoms with Crippen LogP contribution in [0.15, 0.2) is 60.0 Å². The second-order valence-electron chi connectivity index (χ2n) is 5.97. The Labute approximate surface area is 164 Å². The van der Waals surface area contributed by atoms with E-state index >= 15 is 0 Å². The van der Waals surface area contributed by atoms with Gasteiger partial charge >= 0.3 is 16.1 Å². The summed E-state index contributed by atoms with van der Waals surface area (Å²) < 4.78 is 35.5. The SMILES string of the molecule is C=CCNC(=O)COC(=O)c1ccccc1OS(=O)(=O)c1cc(C)ccc1C. The largest absolute Gasteiger partial charge is 0.452 e. The number of hydrogen-bond acceptors (Lipinski definition) is 6. The van der Waals surface area contributed by atoms with Crippen LogP contribution in [0.25, 0.3) is 0 Å². The lowest BCUT2D eigenvalue weighted by Gasteiger charge is -2.13. The van der Waals surface area contributed by atoms with Crippen LogP contribution in [0.4, 0.5) is 0 Å². The molecule has 2 aromatic rings. The Hall–Kier alpha value is -3.13. The summed E-state index contributed by atoms with van der Waals surface area (Å²) in [5.41, 5.74) is 1.17. The molecule has 0 aliphatic carbocycles. The van der Waals surface area contributed by atoms with Gasteiger partial charge in [-0.3, -0.25) is 4.79 Å². The highest BCUT2D eigenvalue weighted by Crippen LogP contribution is 2.25. The Morgan fingerprint density at radius 1 is 1.14 bits per heavy atom. The molecule has 0 saturated heterocycles. The highest BCUT2D eigenvalue weighted by molar-refractivity contribution is 7.87. The number of esters is 1. The molecule has 0 aliphatic rings. The summed E-state index contributed by atoms with van der Waals surface area (Å²) in [6.07, 6.45) is 1.49. The lowest BCUT2D eigenvalue weighted by Crippen LogP contribution is -2.28. The van der Waals surface area contributed by atoms with Gasteiger partial charge in [-0.05, 0) is 43.2 Å². The number of nitrogens with one attached hydrogen (secondary N) is 1. The molecule has 0 bridgehead atoms. The van der Waals surface area contributed by atoms with E-state index in [9.17, 15) is 18.0 Å². The van der Waals surface area contributed by atoms with Crippen molar-refractivity contribution in [3.05, 3.63) is 71.8 Å². The molecular formula is C20H21NO6S. The van der Waals surface area contributed by atoms with Gasteiger partial charge in [0.25, 0.3) is 5.91 Å². The van der Waals surface area contributed by atoms with Crippen molar-refractivity contribution in [2.24, 2.45) is 0 Å². The smallest absolute Gasteiger partial charge is 0.342 e. The molecule has 2 rings (SSSR count). The molecule has 0 atom stereocenters. The van der Waals surface area contributed by atoms with E-state index in [0.717, 1.165) is 5.56 Å². The van der Waals surface area contributed by atoms with Crippen LogP contribution in [-0.2, 0) is 19.6 Å². The van der Waals surface area contributed by atoms with E-state index in [1.165, 1.54) is 36.4 Å². The number of carbonyl (C=O) groups excluding carboxylic acids is 2. The molecule has 148 valence electrons. The predicted molar refractivity (Wildman–Crippen MR) is 104 cm³/mol. The molecule has 28 heavy (non-hydrogen) atoms. The first-order valence-corrected chi connectivity index (χ1v) is 9.81. The molecule has 0 spiro atoms. The van der Waals surface area contributed by atoms with Gasteiger partial charge in [-0.2, -0.15) is 8.42 Å². The van der Waals surface area contributed by atoms with Gasteiger partial charge in [-0.25, -0.2) is 4.79 Å². The zero-order valence-electron chi connectivity index (χ0n) is 15.6. The van der Waals surface area contributed by atoms with E-state index in [2.05, 4.69) is 11.9 Å². The Kier molecular flexibility index (Phi) is 6.94. The highest BCUT2D eigenvalue weighted by atomic mass is 32.2. The lowest BCUT2D eigenvalue weighted by molar-refractivity contribution is -0.124. The fourth-order valence-corrected chi connectivity index (χ4v) is 3.56. The van der Waals surface area contributed by atoms with Crippen molar-refractivity contribution in [1.82, 2.24) is 5.32 Å². The third-order valence-electron chi connectivity index (χ3n) is 3.70. The minimum Gasteiger partial charge on any atom is -0.452 e. The van der Waals surface area contributed by atoms with E-state index in [-0.39, 0.29) is 22.8 Å². The van der Waals surface area contributed by atoms with Crippen molar-refractivity contribution in [2.45, 2.75) is 18.7 Å². The average Bonchev–Trinajstić information content (AvgIpc) is 2.66. The minimum atomic E-state index is -4.16. The number of carbonyl (C=O) groups is 2. The van der Waals surface area contributed by atoms with Gasteiger partial charge in [0, 0.05) is 6.54 Å². The number of rotatable bonds is 8. The molecule has 0 aromatic heterocycles. The standard InChI is InChI=1S/C20H21NO6S/c1-4-11-21-19(22)13-26-20(23)16-7-5-6-8-17(16)27-28(24,25)18-12-14(2)9-10-15(18)3/h4-10,12H,1,11,13H2,2-3H3,(H,21,22). The zero-order valence-corrected chi connectivity index (χ0v) is 16.4. The first-order chi connectivity index (χ1) is 13.2. The van der Waals surface area contributed by atoms with Crippen molar-refractivity contribution in [1.29, 1.82) is 0 Å². The first kappa shape index (κ1) is 21.2. The monoisotopic (exact) mass is 403 g/mol. The molecule has 0 heterocycles. The van der Waals surface area contributed by atoms with Gasteiger partial charge in [0.2, 0.25) is 0 Å². The summed E-state index contributed by atoms with van der Waals surface area (Å²) in [6.45, 7) is 6.61. The summed E-state index contributed by atoms with van der Waals surface area (Å²) in [6, 6.07) is 10.7. The van der Waals surface area contributed by atoms with E-state index in [1.54, 1.807) is 26.0 Å². The van der Waals surface area contributed by atoms with Crippen molar-refractivity contribution in [2.75, 3.05) is 13.2 Å². The van der Waals surface area contributed by atoms with Gasteiger partial charge in [-0.1, -0.05) is 30.3 Å². The fourth-order valence-electron chi connectivity index (χ4n) is 2.29. The fraction of sp³-hybridized carbons (Fsp3) is 0.200. The maximum Gasteiger partial charge on any atom is 0.342 e. The maximum absolute atomic E-state index is 12.7. The third-order valence-corrected chi connectivity index (χ3v) is 5.07. The molecule has 8 heteroatoms. The highest BCUT2D eigenvalue weighted by Gasteiger charge is 2.23. The van der Waals surface area contributed by atoms with Crippen LogP contribution >= 0.6 is 0 Å². The van der Waals surface area contributed by atoms with E-state index in [1.807, 2.05) is 0 Å². The number of amides is 1. The summed E-state index contributed by atoms with van der Waals surface area (Å²) >= 11 is 0. The van der Waals surface area contributed by atoms with E-state index in [0.29, 0.717) is 5.56 Å². The molecule has 0 saturated carbocycles. The van der Waals surface area contributed by atoms with E-state index < -0.39 is 28.6 Å². The zero-order chi connectivity index (χ0) is 20.7. The number of hydrogen-bond donors (Lipinski definition) is 1. The van der Waals surface area contributed by atoms with Crippen LogP contribution in [0.2, 0.25) is 0 Å². The number of benzene rings is 2. The molecule has 1 amide bonds. The normalized spacial score (nSPS) is 10.8. The van der Waals surface area contributed by atoms with Crippen LogP contribution in [0.5, 0.6) is 5.75 Å². The number of ether oxygens (including phenoxy) is 1. The van der Waals surface area contributed by atoms with Crippen LogP contribution in [0.3, 0.4) is 0 Å². The predicted octanol–water partition coefficient (Wildman–Crippen LogP) is 2.53. The Morgan fingerprint density at radius 3 is 2.57 bits per heavy atom. The number of aryl methyl sites for hydroxylation is 2. The summed E-state index contributed by atoms with van der Waals surface area (Å²) in [4.78, 5) is 23.8. The van der Waals surface area contributed by atoms with Crippen molar-refractivity contribution in [3.8, 4) is 5.75 Å². The Balaban J connectivity index is 2.21. The van der Waals surface area contributed by atoms with Gasteiger partial charge in [-0.15, -0.1) is 6.58 Å². The molecular weight excluding hydrogens is 382 g/mol. The van der Waals surface area contributed by atoms with Crippen LogP contribution < -0.4 is 9.50 Å². The molecule has 2 aromatic carbocycles. The van der Waals surface area contributed by atoms with Crippen molar-refractivity contribution >= 4 is 22.0 Å². The van der Waals surface area contributed by atoms with Gasteiger partial charge < -0.3 is 14.2 Å². The van der Waals surface area contributed by atoms with Gasteiger partial charge in [0.05, 0.1) is 0 Å². The minimum absolute atomic E-state index is 0.0134. The first-order valence-electron chi connectivity index (χ1n) is 8.40. The van der Waals surface area contributed by atoms with Crippen molar-refractivity contribution < 1.29 is 26.9 Å². The van der Waals surface area contributed by atoms with Crippen LogP contribution in [-0.4, -0.2) is 33.4 Å². The molecule has 0 fully saturated rings.